The molecule has 0 saturated heterocycles. The highest BCUT2D eigenvalue weighted by atomic mass is 32.2. The van der Waals surface area contributed by atoms with Gasteiger partial charge in [0, 0.05) is 6.42 Å². The number of rotatable bonds is 29. The summed E-state index contributed by atoms with van der Waals surface area (Å²) < 4.78 is 32.2. The van der Waals surface area contributed by atoms with Crippen molar-refractivity contribution in [3.63, 3.8) is 0 Å². The lowest BCUT2D eigenvalue weighted by Crippen LogP contribution is -2.46. The third-order valence-electron chi connectivity index (χ3n) is 7.37. The standard InChI is InChI=1S/C33H63NO5S/c1-3-5-7-9-11-13-15-17-18-20-22-24-26-28-32(35)31(30-40(37,38)39)34-33(36)29-27-25-23-21-19-16-14-12-10-8-6-4-2/h12,14,26,28,31-32,35H,3-11,13,15-25,27,29-30H2,1-2H3,(H,34,36)(H,37,38,39)/b14-12-,28-26+. The summed E-state index contributed by atoms with van der Waals surface area (Å²) in [6.07, 6.45) is 33.0. The van der Waals surface area contributed by atoms with Gasteiger partial charge in [0.25, 0.3) is 10.1 Å². The van der Waals surface area contributed by atoms with Crippen molar-refractivity contribution >= 4 is 16.0 Å². The van der Waals surface area contributed by atoms with E-state index in [4.69, 9.17) is 0 Å². The molecule has 0 saturated carbocycles. The number of hydrogen-bond donors (Lipinski definition) is 3. The zero-order chi connectivity index (χ0) is 29.7. The summed E-state index contributed by atoms with van der Waals surface area (Å²) >= 11 is 0. The SMILES string of the molecule is CCCCC/C=C\CCCCCCCC(=O)NC(CS(=O)(=O)O)C(O)/C=C/CCCCCCCCCCCCC. The van der Waals surface area contributed by atoms with Crippen LogP contribution < -0.4 is 5.32 Å². The van der Waals surface area contributed by atoms with E-state index >= 15 is 0 Å². The first kappa shape index (κ1) is 38.8. The summed E-state index contributed by atoms with van der Waals surface area (Å²) in [5.74, 6) is -0.990. The molecule has 0 aromatic heterocycles. The molecule has 0 fully saturated rings. The van der Waals surface area contributed by atoms with Gasteiger partial charge in [0.1, 0.15) is 0 Å². The van der Waals surface area contributed by atoms with E-state index < -0.39 is 28.0 Å². The molecule has 0 rings (SSSR count). The van der Waals surface area contributed by atoms with Crippen LogP contribution in [0.5, 0.6) is 0 Å². The molecule has 7 heteroatoms. The minimum Gasteiger partial charge on any atom is -0.387 e. The molecule has 40 heavy (non-hydrogen) atoms. The second kappa shape index (κ2) is 28.0. The van der Waals surface area contributed by atoms with Crippen molar-refractivity contribution in [1.82, 2.24) is 5.32 Å². The normalized spacial score (nSPS) is 13.8. The Balaban J connectivity index is 4.07. The van der Waals surface area contributed by atoms with Crippen LogP contribution in [-0.4, -0.2) is 41.9 Å². The quantitative estimate of drug-likeness (QED) is 0.0462. The van der Waals surface area contributed by atoms with Gasteiger partial charge in [-0.1, -0.05) is 134 Å². The molecule has 236 valence electrons. The molecule has 0 aliphatic heterocycles. The van der Waals surface area contributed by atoms with Gasteiger partial charge in [-0.2, -0.15) is 8.42 Å². The van der Waals surface area contributed by atoms with Gasteiger partial charge in [-0.3, -0.25) is 9.35 Å². The van der Waals surface area contributed by atoms with Crippen molar-refractivity contribution in [2.45, 2.75) is 174 Å². The summed E-state index contributed by atoms with van der Waals surface area (Å²) in [5, 5.41) is 13.1. The van der Waals surface area contributed by atoms with Crippen LogP contribution in [0.25, 0.3) is 0 Å². The highest BCUT2D eigenvalue weighted by Gasteiger charge is 2.24. The number of allylic oxidation sites excluding steroid dienone is 3. The van der Waals surface area contributed by atoms with E-state index in [0.29, 0.717) is 0 Å². The minimum absolute atomic E-state index is 0.286. The van der Waals surface area contributed by atoms with Crippen LogP contribution >= 0.6 is 0 Å². The molecular formula is C33H63NO5S. The highest BCUT2D eigenvalue weighted by molar-refractivity contribution is 7.85. The predicted molar refractivity (Wildman–Crippen MR) is 170 cm³/mol. The maximum absolute atomic E-state index is 12.4. The molecule has 0 spiro atoms. The molecule has 1 amide bonds. The smallest absolute Gasteiger partial charge is 0.267 e. The molecule has 0 aliphatic carbocycles. The monoisotopic (exact) mass is 585 g/mol. The van der Waals surface area contributed by atoms with Gasteiger partial charge in [0.05, 0.1) is 17.9 Å². The number of nitrogens with one attached hydrogen (secondary N) is 1. The van der Waals surface area contributed by atoms with Gasteiger partial charge in [-0.15, -0.1) is 0 Å². The first-order chi connectivity index (χ1) is 19.3. The third-order valence-corrected chi connectivity index (χ3v) is 8.15. The molecule has 0 aromatic rings. The number of carbonyl (C=O) groups is 1. The Bertz CT molecular complexity index is 735. The zero-order valence-corrected chi connectivity index (χ0v) is 26.8. The zero-order valence-electron chi connectivity index (χ0n) is 26.0. The second-order valence-electron chi connectivity index (χ2n) is 11.4. The van der Waals surface area contributed by atoms with Crippen molar-refractivity contribution in [2.75, 3.05) is 5.75 Å². The lowest BCUT2D eigenvalue weighted by atomic mass is 10.0. The predicted octanol–water partition coefficient (Wildman–Crippen LogP) is 8.84. The van der Waals surface area contributed by atoms with Gasteiger partial charge in [-0.25, -0.2) is 0 Å². The van der Waals surface area contributed by atoms with Crippen molar-refractivity contribution in [3.05, 3.63) is 24.3 Å². The maximum Gasteiger partial charge on any atom is 0.267 e. The Labute approximate surface area is 247 Å². The molecule has 0 aromatic carbocycles. The number of carbonyl (C=O) groups excluding carboxylic acids is 1. The van der Waals surface area contributed by atoms with Crippen LogP contribution in [-0.2, 0) is 14.9 Å². The van der Waals surface area contributed by atoms with Crippen LogP contribution in [0.1, 0.15) is 162 Å². The number of aliphatic hydroxyl groups excluding tert-OH is 1. The third kappa shape index (κ3) is 28.4. The van der Waals surface area contributed by atoms with Crippen molar-refractivity contribution in [3.8, 4) is 0 Å². The fourth-order valence-corrected chi connectivity index (χ4v) is 5.59. The molecule has 0 aliphatic rings. The lowest BCUT2D eigenvalue weighted by molar-refractivity contribution is -0.122. The summed E-state index contributed by atoms with van der Waals surface area (Å²) in [7, 11) is -4.33. The maximum atomic E-state index is 12.4. The number of amides is 1. The second-order valence-corrected chi connectivity index (χ2v) is 12.9. The summed E-state index contributed by atoms with van der Waals surface area (Å²) in [5.41, 5.74) is 0. The Kier molecular flexibility index (Phi) is 27.1. The van der Waals surface area contributed by atoms with Crippen LogP contribution in [0.15, 0.2) is 24.3 Å². The molecule has 6 nitrogen and oxygen atoms in total. The molecular weight excluding hydrogens is 522 g/mol. The van der Waals surface area contributed by atoms with E-state index in [-0.39, 0.29) is 12.3 Å². The highest BCUT2D eigenvalue weighted by Crippen LogP contribution is 2.13. The Morgan fingerprint density at radius 1 is 0.650 bits per heavy atom. The van der Waals surface area contributed by atoms with E-state index in [1.54, 1.807) is 6.08 Å². The van der Waals surface area contributed by atoms with Gasteiger partial charge >= 0.3 is 0 Å². The van der Waals surface area contributed by atoms with E-state index in [1.807, 2.05) is 6.08 Å². The van der Waals surface area contributed by atoms with Crippen molar-refractivity contribution < 1.29 is 22.9 Å². The molecule has 3 N–H and O–H groups in total. The first-order valence-electron chi connectivity index (χ1n) is 16.5. The summed E-state index contributed by atoms with van der Waals surface area (Å²) in [6, 6.07) is -1.06. The van der Waals surface area contributed by atoms with Crippen molar-refractivity contribution in [1.29, 1.82) is 0 Å². The number of hydrogen-bond acceptors (Lipinski definition) is 4. The van der Waals surface area contributed by atoms with Crippen LogP contribution in [0.2, 0.25) is 0 Å². The Morgan fingerprint density at radius 2 is 1.05 bits per heavy atom. The fraction of sp³-hybridized carbons (Fsp3) is 0.848. The Hall–Kier alpha value is -1.18. The van der Waals surface area contributed by atoms with Crippen molar-refractivity contribution in [2.24, 2.45) is 0 Å². The molecule has 0 bridgehead atoms. The molecule has 0 heterocycles. The Morgan fingerprint density at radius 3 is 1.55 bits per heavy atom. The molecule has 0 radical (unpaired) electrons. The number of unbranched alkanes of at least 4 members (excludes halogenated alkanes) is 19. The van der Waals surface area contributed by atoms with Gasteiger partial charge in [0.2, 0.25) is 5.91 Å². The molecule has 2 unspecified atom stereocenters. The average Bonchev–Trinajstić information content (AvgIpc) is 2.90. The van der Waals surface area contributed by atoms with E-state index in [0.717, 1.165) is 57.8 Å². The summed E-state index contributed by atoms with van der Waals surface area (Å²) in [4.78, 5) is 12.4. The van der Waals surface area contributed by atoms with Gasteiger partial charge in [0.15, 0.2) is 0 Å². The van der Waals surface area contributed by atoms with Gasteiger partial charge < -0.3 is 10.4 Å². The lowest BCUT2D eigenvalue weighted by Gasteiger charge is -2.21. The van der Waals surface area contributed by atoms with Crippen LogP contribution in [0.4, 0.5) is 0 Å². The average molecular weight is 586 g/mol. The van der Waals surface area contributed by atoms with E-state index in [2.05, 4.69) is 31.3 Å². The first-order valence-corrected chi connectivity index (χ1v) is 18.1. The number of aliphatic hydroxyl groups is 1. The van der Waals surface area contributed by atoms with Crippen LogP contribution in [0, 0.1) is 0 Å². The van der Waals surface area contributed by atoms with E-state index in [1.165, 1.54) is 83.5 Å². The largest absolute Gasteiger partial charge is 0.387 e. The molecule has 2 atom stereocenters. The van der Waals surface area contributed by atoms with Gasteiger partial charge in [-0.05, 0) is 44.9 Å². The summed E-state index contributed by atoms with van der Waals surface area (Å²) in [6.45, 7) is 4.46. The van der Waals surface area contributed by atoms with E-state index in [9.17, 15) is 22.9 Å². The fourth-order valence-electron chi connectivity index (χ4n) is 4.85. The minimum atomic E-state index is -4.33. The van der Waals surface area contributed by atoms with Crippen LogP contribution in [0.3, 0.4) is 0 Å². The topological polar surface area (TPSA) is 104 Å².